The lowest BCUT2D eigenvalue weighted by atomic mass is 9.88. The molecular formula is C19H22O5S2. The molecule has 7 heteroatoms. The first-order valence-electron chi connectivity index (χ1n) is 8.67. The van der Waals surface area contributed by atoms with Crippen LogP contribution in [0.4, 0.5) is 0 Å². The van der Waals surface area contributed by atoms with Crippen LogP contribution in [0.1, 0.15) is 5.56 Å². The molecule has 0 bridgehead atoms. The highest BCUT2D eigenvalue weighted by Crippen LogP contribution is 2.38. The van der Waals surface area contributed by atoms with Gasteiger partial charge in [0, 0.05) is 22.8 Å². The molecule has 0 aliphatic carbocycles. The third-order valence-electron chi connectivity index (χ3n) is 5.11. The van der Waals surface area contributed by atoms with Gasteiger partial charge in [-0.1, -0.05) is 18.2 Å². The molecule has 2 aliphatic rings. The molecule has 5 nitrogen and oxygen atoms in total. The largest absolute Gasteiger partial charge is 0.394 e. The van der Waals surface area contributed by atoms with Crippen LogP contribution in [0.25, 0.3) is 10.1 Å². The minimum Gasteiger partial charge on any atom is -0.394 e. The molecule has 4 N–H and O–H groups in total. The number of ether oxygens (including phenoxy) is 1. The average Bonchev–Trinajstić information content (AvgIpc) is 3.29. The van der Waals surface area contributed by atoms with Gasteiger partial charge in [-0.15, -0.1) is 23.1 Å². The standard InChI is InChI=1S/C19H22O5S2/c20-8-14-16(21)17(22)18(23)19(24-14)12-7-13(26-9-12)5-10-1-2-11-3-4-25-15(11)6-10/h1-4,6-7,12,14,16-23H,5,8-9H2/t12?,14-,16-,17?,18-,19?/m1/s1. The van der Waals surface area contributed by atoms with Crippen LogP contribution in [-0.4, -0.2) is 63.3 Å². The lowest BCUT2D eigenvalue weighted by Crippen LogP contribution is -2.60. The topological polar surface area (TPSA) is 90.2 Å². The molecular weight excluding hydrogens is 372 g/mol. The molecule has 3 heterocycles. The molecule has 6 atom stereocenters. The number of aliphatic hydroxyl groups is 4. The van der Waals surface area contributed by atoms with Gasteiger partial charge in [0.15, 0.2) is 0 Å². The lowest BCUT2D eigenvalue weighted by molar-refractivity contribution is -0.235. The van der Waals surface area contributed by atoms with E-state index in [1.165, 1.54) is 20.6 Å². The van der Waals surface area contributed by atoms with Crippen molar-refractivity contribution in [3.8, 4) is 0 Å². The summed E-state index contributed by atoms with van der Waals surface area (Å²) >= 11 is 3.46. The van der Waals surface area contributed by atoms with Gasteiger partial charge in [-0.25, -0.2) is 0 Å². The second-order valence-corrected chi connectivity index (χ2v) is 8.96. The molecule has 0 saturated carbocycles. The van der Waals surface area contributed by atoms with E-state index in [4.69, 9.17) is 4.74 Å². The van der Waals surface area contributed by atoms with Gasteiger partial charge in [0.25, 0.3) is 0 Å². The first kappa shape index (κ1) is 18.4. The summed E-state index contributed by atoms with van der Waals surface area (Å²) in [6, 6.07) is 8.60. The van der Waals surface area contributed by atoms with Gasteiger partial charge in [0.2, 0.25) is 0 Å². The molecule has 2 aliphatic heterocycles. The third kappa shape index (κ3) is 3.45. The summed E-state index contributed by atoms with van der Waals surface area (Å²) in [6.45, 7) is -0.390. The van der Waals surface area contributed by atoms with Crippen LogP contribution in [0, 0.1) is 5.92 Å². The van der Waals surface area contributed by atoms with Gasteiger partial charge in [-0.05, 0) is 33.4 Å². The van der Waals surface area contributed by atoms with Crippen molar-refractivity contribution >= 4 is 33.2 Å². The Balaban J connectivity index is 1.48. The maximum atomic E-state index is 10.3. The van der Waals surface area contributed by atoms with Gasteiger partial charge in [0.05, 0.1) is 12.7 Å². The number of hydrogen-bond acceptors (Lipinski definition) is 7. The van der Waals surface area contributed by atoms with Gasteiger partial charge >= 0.3 is 0 Å². The molecule has 1 aromatic carbocycles. The summed E-state index contributed by atoms with van der Waals surface area (Å²) in [4.78, 5) is 1.21. The van der Waals surface area contributed by atoms with Crippen LogP contribution in [0.5, 0.6) is 0 Å². The molecule has 26 heavy (non-hydrogen) atoms. The summed E-state index contributed by atoms with van der Waals surface area (Å²) in [7, 11) is 0. The zero-order valence-electron chi connectivity index (χ0n) is 14.1. The van der Waals surface area contributed by atoms with Gasteiger partial charge < -0.3 is 25.2 Å². The van der Waals surface area contributed by atoms with Crippen LogP contribution in [0.15, 0.2) is 40.6 Å². The highest BCUT2D eigenvalue weighted by atomic mass is 32.2. The van der Waals surface area contributed by atoms with Crippen LogP contribution in [0.2, 0.25) is 0 Å². The van der Waals surface area contributed by atoms with Crippen molar-refractivity contribution in [2.45, 2.75) is 36.9 Å². The fourth-order valence-electron chi connectivity index (χ4n) is 3.63. The Labute approximate surface area is 159 Å². The number of thioether (sulfide) groups is 1. The monoisotopic (exact) mass is 394 g/mol. The molecule has 0 amide bonds. The predicted octanol–water partition coefficient (Wildman–Crippen LogP) is 1.53. The Morgan fingerprint density at radius 1 is 1.08 bits per heavy atom. The molecule has 0 spiro atoms. The quantitative estimate of drug-likeness (QED) is 0.629. The van der Waals surface area contributed by atoms with Crippen LogP contribution < -0.4 is 0 Å². The van der Waals surface area contributed by atoms with E-state index >= 15 is 0 Å². The summed E-state index contributed by atoms with van der Waals surface area (Å²) in [5.74, 6) is 0.686. The maximum Gasteiger partial charge on any atom is 0.111 e. The van der Waals surface area contributed by atoms with Crippen LogP contribution >= 0.6 is 23.1 Å². The zero-order valence-corrected chi connectivity index (χ0v) is 15.7. The van der Waals surface area contributed by atoms with Crippen LogP contribution in [-0.2, 0) is 11.2 Å². The first-order valence-corrected chi connectivity index (χ1v) is 10.5. The number of thiophene rings is 1. The second kappa shape index (κ2) is 7.59. The Morgan fingerprint density at radius 3 is 2.73 bits per heavy atom. The van der Waals surface area contributed by atoms with Crippen molar-refractivity contribution in [2.75, 3.05) is 12.4 Å². The zero-order chi connectivity index (χ0) is 18.3. The first-order chi connectivity index (χ1) is 12.6. The fourth-order valence-corrected chi connectivity index (χ4v) is 5.72. The molecule has 0 radical (unpaired) electrons. The second-order valence-electron chi connectivity index (χ2n) is 6.87. The van der Waals surface area contributed by atoms with E-state index < -0.39 is 37.1 Å². The normalized spacial score (nSPS) is 35.0. The number of rotatable bonds is 4. The van der Waals surface area contributed by atoms with E-state index in [2.05, 4.69) is 35.7 Å². The van der Waals surface area contributed by atoms with E-state index in [0.29, 0.717) is 0 Å². The summed E-state index contributed by atoms with van der Waals surface area (Å²) < 4.78 is 6.97. The summed E-state index contributed by atoms with van der Waals surface area (Å²) in [6.07, 6.45) is -2.34. The fraction of sp³-hybridized carbons (Fsp3) is 0.474. The SMILES string of the molecule is OC[C@H]1OC(C2C=C(Cc3ccc4ccsc4c3)SC2)[C@H](O)C(O)[C@@H]1O. The number of fused-ring (bicyclic) bond motifs is 1. The molecule has 1 saturated heterocycles. The molecule has 1 aromatic heterocycles. The van der Waals surface area contributed by atoms with Crippen molar-refractivity contribution in [2.24, 2.45) is 5.92 Å². The smallest absolute Gasteiger partial charge is 0.111 e. The average molecular weight is 395 g/mol. The Bertz CT molecular complexity index is 802. The summed E-state index contributed by atoms with van der Waals surface area (Å²) in [5, 5.41) is 42.9. The van der Waals surface area contributed by atoms with Crippen molar-refractivity contribution < 1.29 is 25.2 Å². The van der Waals surface area contributed by atoms with E-state index in [-0.39, 0.29) is 5.92 Å². The van der Waals surface area contributed by atoms with E-state index in [9.17, 15) is 20.4 Å². The molecule has 140 valence electrons. The molecule has 2 aromatic rings. The van der Waals surface area contributed by atoms with Crippen LogP contribution in [0.3, 0.4) is 0 Å². The van der Waals surface area contributed by atoms with Gasteiger partial charge in [-0.2, -0.15) is 0 Å². The maximum absolute atomic E-state index is 10.3. The minimum absolute atomic E-state index is 0.0633. The number of aliphatic hydroxyl groups excluding tert-OH is 4. The Kier molecular flexibility index (Phi) is 5.38. The van der Waals surface area contributed by atoms with E-state index in [1.807, 2.05) is 0 Å². The summed E-state index contributed by atoms with van der Waals surface area (Å²) in [5.41, 5.74) is 1.24. The molecule has 4 rings (SSSR count). The van der Waals surface area contributed by atoms with E-state index in [0.717, 1.165) is 12.2 Å². The number of allylic oxidation sites excluding steroid dienone is 1. The van der Waals surface area contributed by atoms with Crippen molar-refractivity contribution in [1.82, 2.24) is 0 Å². The highest BCUT2D eigenvalue weighted by molar-refractivity contribution is 8.03. The van der Waals surface area contributed by atoms with Crippen molar-refractivity contribution in [3.05, 3.63) is 46.2 Å². The third-order valence-corrected chi connectivity index (χ3v) is 7.19. The predicted molar refractivity (Wildman–Crippen MR) is 103 cm³/mol. The van der Waals surface area contributed by atoms with Crippen molar-refractivity contribution in [1.29, 1.82) is 0 Å². The van der Waals surface area contributed by atoms with Gasteiger partial charge in [-0.3, -0.25) is 0 Å². The molecule has 3 unspecified atom stereocenters. The van der Waals surface area contributed by atoms with E-state index in [1.54, 1.807) is 23.1 Å². The van der Waals surface area contributed by atoms with Crippen molar-refractivity contribution in [3.63, 3.8) is 0 Å². The molecule has 1 fully saturated rings. The Hall–Kier alpha value is -0.930. The Morgan fingerprint density at radius 2 is 1.92 bits per heavy atom. The highest BCUT2D eigenvalue weighted by Gasteiger charge is 2.46. The number of benzene rings is 1. The lowest BCUT2D eigenvalue weighted by Gasteiger charge is -2.41. The minimum atomic E-state index is -1.31. The van der Waals surface area contributed by atoms with Gasteiger partial charge in [0.1, 0.15) is 24.4 Å². The number of hydrogen-bond donors (Lipinski definition) is 4.